The van der Waals surface area contributed by atoms with Gasteiger partial charge in [-0.3, -0.25) is 4.90 Å². The van der Waals surface area contributed by atoms with Crippen molar-refractivity contribution in [3.63, 3.8) is 0 Å². The molecule has 1 amide bonds. The third-order valence-electron chi connectivity index (χ3n) is 3.94. The molecule has 1 fully saturated rings. The molecule has 3 atom stereocenters. The molecule has 0 unspecified atom stereocenters. The monoisotopic (exact) mass is 335 g/mol. The van der Waals surface area contributed by atoms with Crippen LogP contribution in [0.1, 0.15) is 33.3 Å². The summed E-state index contributed by atoms with van der Waals surface area (Å²) in [4.78, 5) is 26.2. The van der Waals surface area contributed by atoms with E-state index in [4.69, 9.17) is 14.2 Å². The highest BCUT2D eigenvalue weighted by molar-refractivity contribution is 5.82. The zero-order chi connectivity index (χ0) is 17.9. The van der Waals surface area contributed by atoms with Crippen LogP contribution in [0.3, 0.4) is 0 Å². The van der Waals surface area contributed by atoms with Crippen LogP contribution in [0.2, 0.25) is 0 Å². The SMILES string of the molecule is COC(=O)[C@@H]1[C@@H](C)O[C@@H](C(C)(C)C)N1C(=O)OCc1ccccc1. The van der Waals surface area contributed by atoms with E-state index in [-0.39, 0.29) is 12.0 Å². The van der Waals surface area contributed by atoms with Gasteiger partial charge in [0.1, 0.15) is 12.8 Å². The van der Waals surface area contributed by atoms with Gasteiger partial charge in [0.25, 0.3) is 0 Å². The van der Waals surface area contributed by atoms with Gasteiger partial charge in [-0.15, -0.1) is 0 Å². The van der Waals surface area contributed by atoms with E-state index in [0.717, 1.165) is 5.56 Å². The average Bonchev–Trinajstić information content (AvgIpc) is 2.90. The van der Waals surface area contributed by atoms with Crippen molar-refractivity contribution >= 4 is 12.1 Å². The van der Waals surface area contributed by atoms with E-state index in [1.165, 1.54) is 12.0 Å². The third kappa shape index (κ3) is 3.87. The molecule has 0 bridgehead atoms. The first-order chi connectivity index (χ1) is 11.3. The van der Waals surface area contributed by atoms with Crippen molar-refractivity contribution in [1.82, 2.24) is 4.90 Å². The lowest BCUT2D eigenvalue weighted by molar-refractivity contribution is -0.146. The number of hydrogen-bond acceptors (Lipinski definition) is 5. The van der Waals surface area contributed by atoms with Crippen LogP contribution in [-0.4, -0.2) is 42.4 Å². The summed E-state index contributed by atoms with van der Waals surface area (Å²) >= 11 is 0. The Morgan fingerprint density at radius 1 is 1.21 bits per heavy atom. The second-order valence-corrected chi connectivity index (χ2v) is 6.98. The standard InChI is InChI=1S/C18H25NO5/c1-12-14(15(20)22-5)19(16(24-12)18(2,3)4)17(21)23-11-13-9-7-6-8-10-13/h6-10,12,14,16H,11H2,1-5H3/t12-,14+,16+/m1/s1. The number of amides is 1. The second-order valence-electron chi connectivity index (χ2n) is 6.98. The largest absolute Gasteiger partial charge is 0.467 e. The van der Waals surface area contributed by atoms with Gasteiger partial charge in [-0.1, -0.05) is 51.1 Å². The topological polar surface area (TPSA) is 65.1 Å². The smallest absolute Gasteiger partial charge is 0.413 e. The molecule has 1 aliphatic heterocycles. The quantitative estimate of drug-likeness (QED) is 0.795. The molecule has 132 valence electrons. The lowest BCUT2D eigenvalue weighted by Crippen LogP contribution is -2.51. The minimum atomic E-state index is -0.817. The van der Waals surface area contributed by atoms with Gasteiger partial charge in [0, 0.05) is 5.41 Å². The molecule has 24 heavy (non-hydrogen) atoms. The summed E-state index contributed by atoms with van der Waals surface area (Å²) in [6.45, 7) is 7.73. The van der Waals surface area contributed by atoms with Crippen LogP contribution < -0.4 is 0 Å². The number of benzene rings is 1. The fourth-order valence-corrected chi connectivity index (χ4v) is 2.77. The minimum Gasteiger partial charge on any atom is -0.467 e. The van der Waals surface area contributed by atoms with Crippen molar-refractivity contribution in [2.24, 2.45) is 5.41 Å². The Kier molecular flexibility index (Phi) is 5.49. The molecule has 0 saturated carbocycles. The minimum absolute atomic E-state index is 0.134. The van der Waals surface area contributed by atoms with E-state index in [2.05, 4.69) is 0 Å². The Bertz CT molecular complexity index is 581. The van der Waals surface area contributed by atoms with E-state index < -0.39 is 30.4 Å². The van der Waals surface area contributed by atoms with Crippen molar-refractivity contribution in [1.29, 1.82) is 0 Å². The molecule has 0 N–H and O–H groups in total. The number of hydrogen-bond donors (Lipinski definition) is 0. The van der Waals surface area contributed by atoms with E-state index in [1.54, 1.807) is 6.92 Å². The fourth-order valence-electron chi connectivity index (χ4n) is 2.77. The van der Waals surface area contributed by atoms with Gasteiger partial charge in [0.2, 0.25) is 0 Å². The van der Waals surface area contributed by atoms with Crippen molar-refractivity contribution < 1.29 is 23.8 Å². The normalized spacial score (nSPS) is 23.9. The number of ether oxygens (including phenoxy) is 3. The first-order valence-electron chi connectivity index (χ1n) is 7.98. The first kappa shape index (κ1) is 18.3. The molecule has 1 aromatic rings. The zero-order valence-corrected chi connectivity index (χ0v) is 14.8. The number of carbonyl (C=O) groups is 2. The van der Waals surface area contributed by atoms with Gasteiger partial charge >= 0.3 is 12.1 Å². The van der Waals surface area contributed by atoms with Gasteiger partial charge in [-0.2, -0.15) is 0 Å². The Labute approximate surface area is 142 Å². The molecule has 0 spiro atoms. The summed E-state index contributed by atoms with van der Waals surface area (Å²) in [5, 5.41) is 0. The number of methoxy groups -OCH3 is 1. The number of esters is 1. The van der Waals surface area contributed by atoms with Crippen LogP contribution in [0, 0.1) is 5.41 Å². The summed E-state index contributed by atoms with van der Waals surface area (Å²) in [5.41, 5.74) is 0.504. The fraction of sp³-hybridized carbons (Fsp3) is 0.556. The highest BCUT2D eigenvalue weighted by Gasteiger charge is 2.52. The summed E-state index contributed by atoms with van der Waals surface area (Å²) in [5.74, 6) is -0.508. The number of rotatable bonds is 3. The molecule has 6 nitrogen and oxygen atoms in total. The maximum Gasteiger partial charge on any atom is 0.413 e. The Morgan fingerprint density at radius 3 is 2.38 bits per heavy atom. The molecule has 1 heterocycles. The highest BCUT2D eigenvalue weighted by atomic mass is 16.6. The van der Waals surface area contributed by atoms with Gasteiger partial charge < -0.3 is 14.2 Å². The lowest BCUT2D eigenvalue weighted by atomic mass is 9.93. The summed E-state index contributed by atoms with van der Waals surface area (Å²) in [6, 6.07) is 8.57. The number of nitrogens with zero attached hydrogens (tertiary/aromatic N) is 1. The molecule has 6 heteroatoms. The van der Waals surface area contributed by atoms with Gasteiger partial charge in [0.15, 0.2) is 6.04 Å². The van der Waals surface area contributed by atoms with Gasteiger partial charge in [-0.05, 0) is 12.5 Å². The van der Waals surface area contributed by atoms with Gasteiger partial charge in [0.05, 0.1) is 13.2 Å². The van der Waals surface area contributed by atoms with E-state index in [0.29, 0.717) is 0 Å². The number of carbonyl (C=O) groups excluding carboxylic acids is 2. The molecule has 2 rings (SSSR count). The molecule has 0 aromatic heterocycles. The van der Waals surface area contributed by atoms with E-state index in [9.17, 15) is 9.59 Å². The van der Waals surface area contributed by atoms with Crippen molar-refractivity contribution in [2.45, 2.75) is 52.7 Å². The van der Waals surface area contributed by atoms with Crippen molar-refractivity contribution in [3.05, 3.63) is 35.9 Å². The first-order valence-corrected chi connectivity index (χ1v) is 7.98. The van der Waals surface area contributed by atoms with Gasteiger partial charge in [-0.25, -0.2) is 9.59 Å². The predicted octanol–water partition coefficient (Wildman–Crippen LogP) is 2.96. The highest BCUT2D eigenvalue weighted by Crippen LogP contribution is 2.36. The summed E-state index contributed by atoms with van der Waals surface area (Å²) in [7, 11) is 1.30. The molecule has 1 saturated heterocycles. The maximum atomic E-state index is 12.7. The van der Waals surface area contributed by atoms with Crippen LogP contribution in [0.15, 0.2) is 30.3 Å². The lowest BCUT2D eigenvalue weighted by Gasteiger charge is -2.34. The molecular weight excluding hydrogens is 310 g/mol. The van der Waals surface area contributed by atoms with E-state index in [1.807, 2.05) is 51.1 Å². The Hall–Kier alpha value is -2.08. The van der Waals surface area contributed by atoms with E-state index >= 15 is 0 Å². The van der Waals surface area contributed by atoms with Crippen molar-refractivity contribution in [3.8, 4) is 0 Å². The van der Waals surface area contributed by atoms with Crippen LogP contribution in [-0.2, 0) is 25.6 Å². The predicted molar refractivity (Wildman–Crippen MR) is 88.1 cm³/mol. The van der Waals surface area contributed by atoms with Crippen LogP contribution >= 0.6 is 0 Å². The summed E-state index contributed by atoms with van der Waals surface area (Å²) in [6.07, 6.45) is -1.62. The van der Waals surface area contributed by atoms with Crippen LogP contribution in [0.5, 0.6) is 0 Å². The Balaban J connectivity index is 2.19. The molecular formula is C18H25NO5. The van der Waals surface area contributed by atoms with Crippen LogP contribution in [0.4, 0.5) is 4.79 Å². The molecule has 1 aliphatic rings. The Morgan fingerprint density at radius 2 is 1.83 bits per heavy atom. The average molecular weight is 335 g/mol. The maximum absolute atomic E-state index is 12.7. The molecule has 0 aliphatic carbocycles. The van der Waals surface area contributed by atoms with Crippen LogP contribution in [0.25, 0.3) is 0 Å². The molecule has 0 radical (unpaired) electrons. The second kappa shape index (κ2) is 7.21. The third-order valence-corrected chi connectivity index (χ3v) is 3.94. The van der Waals surface area contributed by atoms with Crippen molar-refractivity contribution in [2.75, 3.05) is 7.11 Å². The summed E-state index contributed by atoms with van der Waals surface area (Å²) < 4.78 is 16.1. The zero-order valence-electron chi connectivity index (χ0n) is 14.8. The molecule has 1 aromatic carbocycles.